The average molecular weight is 369 g/mol. The van der Waals surface area contributed by atoms with Gasteiger partial charge in [-0.3, -0.25) is 9.97 Å². The number of nitrogens with zero attached hydrogens (tertiary/aromatic N) is 3. The normalized spacial score (nSPS) is 11.5. The second-order valence-corrected chi connectivity index (χ2v) is 6.87. The van der Waals surface area contributed by atoms with Crippen LogP contribution < -0.4 is 5.73 Å². The van der Waals surface area contributed by atoms with Crippen LogP contribution in [0.15, 0.2) is 59.5 Å². The van der Waals surface area contributed by atoms with E-state index in [2.05, 4.69) is 25.9 Å². The molecule has 0 aliphatic heterocycles. The molecule has 2 N–H and O–H groups in total. The minimum Gasteiger partial charge on any atom is -0.321 e. The second kappa shape index (κ2) is 6.18. The van der Waals surface area contributed by atoms with Gasteiger partial charge in [0.15, 0.2) is 0 Å². The fraction of sp³-hybridized carbons (Fsp3) is 0.167. The van der Waals surface area contributed by atoms with Crippen LogP contribution in [0.1, 0.15) is 19.5 Å². The molecular weight excluding hydrogens is 352 g/mol. The van der Waals surface area contributed by atoms with Crippen LogP contribution >= 0.6 is 15.9 Å². The molecule has 0 atom stereocenters. The van der Waals surface area contributed by atoms with Crippen molar-refractivity contribution in [3.63, 3.8) is 0 Å². The molecule has 0 amide bonds. The molecule has 0 unspecified atom stereocenters. The number of rotatable bonds is 3. The van der Waals surface area contributed by atoms with Crippen LogP contribution in [-0.4, -0.2) is 15.0 Å². The summed E-state index contributed by atoms with van der Waals surface area (Å²) in [6, 6.07) is 11.8. The summed E-state index contributed by atoms with van der Waals surface area (Å²) < 4.78 is 0.930. The molecule has 23 heavy (non-hydrogen) atoms. The van der Waals surface area contributed by atoms with Gasteiger partial charge in [0.05, 0.1) is 22.6 Å². The number of pyridine rings is 3. The lowest BCUT2D eigenvalue weighted by molar-refractivity contribution is 0.536. The summed E-state index contributed by atoms with van der Waals surface area (Å²) in [6.07, 6.45) is 5.35. The summed E-state index contributed by atoms with van der Waals surface area (Å²) in [6.45, 7) is 3.89. The third kappa shape index (κ3) is 3.63. The minimum absolute atomic E-state index is 0.543. The van der Waals surface area contributed by atoms with E-state index in [1.807, 2.05) is 56.4 Å². The molecule has 0 spiro atoms. The summed E-state index contributed by atoms with van der Waals surface area (Å²) in [5.74, 6) is 0. The Kier molecular flexibility index (Phi) is 4.24. The van der Waals surface area contributed by atoms with Crippen molar-refractivity contribution in [2.24, 2.45) is 5.73 Å². The van der Waals surface area contributed by atoms with Gasteiger partial charge >= 0.3 is 0 Å². The summed E-state index contributed by atoms with van der Waals surface area (Å²) in [7, 11) is 0. The maximum atomic E-state index is 6.27. The van der Waals surface area contributed by atoms with Crippen molar-refractivity contribution in [2.45, 2.75) is 19.4 Å². The van der Waals surface area contributed by atoms with Gasteiger partial charge in [0.25, 0.3) is 0 Å². The number of halogens is 1. The summed E-state index contributed by atoms with van der Waals surface area (Å²) in [5.41, 5.74) is 10.2. The monoisotopic (exact) mass is 368 g/mol. The molecule has 5 heteroatoms. The highest BCUT2D eigenvalue weighted by Crippen LogP contribution is 2.29. The quantitative estimate of drug-likeness (QED) is 0.753. The molecule has 3 aromatic rings. The third-order valence-corrected chi connectivity index (χ3v) is 3.88. The van der Waals surface area contributed by atoms with Gasteiger partial charge in [0.1, 0.15) is 0 Å². The molecule has 0 fully saturated rings. The molecule has 116 valence electrons. The van der Waals surface area contributed by atoms with E-state index >= 15 is 0 Å². The van der Waals surface area contributed by atoms with Crippen LogP contribution in [0.5, 0.6) is 0 Å². The maximum Gasteiger partial charge on any atom is 0.0896 e. The molecule has 0 aliphatic carbocycles. The lowest BCUT2D eigenvalue weighted by atomic mass is 9.97. The van der Waals surface area contributed by atoms with Crippen LogP contribution in [0.2, 0.25) is 0 Å². The first-order chi connectivity index (χ1) is 10.9. The van der Waals surface area contributed by atoms with Gasteiger partial charge in [0.2, 0.25) is 0 Å². The molecule has 0 aliphatic rings. The zero-order valence-corrected chi connectivity index (χ0v) is 14.6. The van der Waals surface area contributed by atoms with E-state index in [0.29, 0.717) is 0 Å². The van der Waals surface area contributed by atoms with Crippen molar-refractivity contribution < 1.29 is 0 Å². The molecule has 0 saturated carbocycles. The van der Waals surface area contributed by atoms with Crippen molar-refractivity contribution in [3.05, 3.63) is 65.2 Å². The summed E-state index contributed by atoms with van der Waals surface area (Å²) in [4.78, 5) is 13.3. The highest BCUT2D eigenvalue weighted by Gasteiger charge is 2.19. The number of aromatic nitrogens is 3. The van der Waals surface area contributed by atoms with Crippen molar-refractivity contribution in [1.82, 2.24) is 15.0 Å². The lowest BCUT2D eigenvalue weighted by Gasteiger charge is -2.20. The molecule has 4 nitrogen and oxygen atoms in total. The summed E-state index contributed by atoms with van der Waals surface area (Å²) in [5, 5.41) is 0. The van der Waals surface area contributed by atoms with Crippen LogP contribution in [0.4, 0.5) is 0 Å². The predicted octanol–water partition coefficient (Wildman–Crippen LogP) is 4.16. The van der Waals surface area contributed by atoms with Gasteiger partial charge in [-0.15, -0.1) is 0 Å². The van der Waals surface area contributed by atoms with Crippen molar-refractivity contribution in [3.8, 4) is 22.5 Å². The fourth-order valence-electron chi connectivity index (χ4n) is 2.24. The van der Waals surface area contributed by atoms with Gasteiger partial charge < -0.3 is 5.73 Å². The topological polar surface area (TPSA) is 64.7 Å². The van der Waals surface area contributed by atoms with E-state index in [1.165, 1.54) is 0 Å². The Labute approximate surface area is 144 Å². The molecule has 3 heterocycles. The van der Waals surface area contributed by atoms with E-state index in [-0.39, 0.29) is 0 Å². The second-order valence-electron chi connectivity index (χ2n) is 5.95. The van der Waals surface area contributed by atoms with Gasteiger partial charge in [-0.05, 0) is 65.7 Å². The predicted molar refractivity (Wildman–Crippen MR) is 95.6 cm³/mol. The highest BCUT2D eigenvalue weighted by molar-refractivity contribution is 9.10. The SMILES string of the molecule is CC(C)(N)c1cc(-c2cncc(Br)c2)cc(-c2ccccn2)n1. The standard InChI is InChI=1S/C18H17BrN4/c1-18(2,20)17-9-12(13-7-14(19)11-21-10-13)8-16(23-17)15-5-3-4-6-22-15/h3-11H,20H2,1-2H3. The molecular formula is C18H17BrN4. The first-order valence-corrected chi connectivity index (χ1v) is 8.06. The molecule has 0 bridgehead atoms. The molecule has 3 rings (SSSR count). The van der Waals surface area contributed by atoms with Crippen molar-refractivity contribution >= 4 is 15.9 Å². The fourth-order valence-corrected chi connectivity index (χ4v) is 2.61. The number of nitrogens with two attached hydrogens (primary N) is 1. The first-order valence-electron chi connectivity index (χ1n) is 7.27. The number of hydrogen-bond acceptors (Lipinski definition) is 4. The Morgan fingerprint density at radius 2 is 1.83 bits per heavy atom. The van der Waals surface area contributed by atoms with Gasteiger partial charge in [0, 0.05) is 28.6 Å². The van der Waals surface area contributed by atoms with Crippen LogP contribution in [-0.2, 0) is 5.54 Å². The Hall–Kier alpha value is -2.11. The Morgan fingerprint density at radius 1 is 1.00 bits per heavy atom. The van der Waals surface area contributed by atoms with Crippen LogP contribution in [0, 0.1) is 0 Å². The van der Waals surface area contributed by atoms with Crippen LogP contribution in [0.25, 0.3) is 22.5 Å². The summed E-state index contributed by atoms with van der Waals surface area (Å²) >= 11 is 3.47. The van der Waals surface area contributed by atoms with E-state index < -0.39 is 5.54 Å². The molecule has 0 aromatic carbocycles. The van der Waals surface area contributed by atoms with Crippen LogP contribution in [0.3, 0.4) is 0 Å². The third-order valence-electron chi connectivity index (χ3n) is 3.45. The molecule has 3 aromatic heterocycles. The number of hydrogen-bond donors (Lipinski definition) is 1. The van der Waals surface area contributed by atoms with E-state index in [0.717, 1.165) is 32.7 Å². The Bertz CT molecular complexity index is 826. The minimum atomic E-state index is -0.543. The van der Waals surface area contributed by atoms with Gasteiger partial charge in [-0.25, -0.2) is 4.98 Å². The van der Waals surface area contributed by atoms with E-state index in [9.17, 15) is 0 Å². The van der Waals surface area contributed by atoms with Gasteiger partial charge in [-0.2, -0.15) is 0 Å². The smallest absolute Gasteiger partial charge is 0.0896 e. The Morgan fingerprint density at radius 3 is 2.48 bits per heavy atom. The largest absolute Gasteiger partial charge is 0.321 e. The Balaban J connectivity index is 2.20. The van der Waals surface area contributed by atoms with Gasteiger partial charge in [-0.1, -0.05) is 6.07 Å². The molecule has 0 radical (unpaired) electrons. The van der Waals surface area contributed by atoms with E-state index in [1.54, 1.807) is 12.4 Å². The van der Waals surface area contributed by atoms with E-state index in [4.69, 9.17) is 10.7 Å². The van der Waals surface area contributed by atoms with Crippen molar-refractivity contribution in [1.29, 1.82) is 0 Å². The zero-order chi connectivity index (χ0) is 16.4. The van der Waals surface area contributed by atoms with Crippen molar-refractivity contribution in [2.75, 3.05) is 0 Å². The average Bonchev–Trinajstić information content (AvgIpc) is 2.54. The lowest BCUT2D eigenvalue weighted by Crippen LogP contribution is -2.30. The molecule has 0 saturated heterocycles. The maximum absolute atomic E-state index is 6.27. The first kappa shape index (κ1) is 15.8. The highest BCUT2D eigenvalue weighted by atomic mass is 79.9. The zero-order valence-electron chi connectivity index (χ0n) is 13.0.